The second-order valence-corrected chi connectivity index (χ2v) is 7.11. The summed E-state index contributed by atoms with van der Waals surface area (Å²) >= 11 is 1.76. The standard InChI is InChI=1S/C19H23FN4OS.HI/c1-2-21-19(22-11-14-4-3-5-16(20)10-14)23-12-18(25)24-8-6-17-15(13-24)7-9-26-17;/h3-5,7,9-10H,2,6,8,11-13H2,1H3,(H2,21,22,23);1H. The molecule has 0 saturated carbocycles. The SMILES string of the molecule is CCNC(=NCc1cccc(F)c1)NCC(=O)N1CCc2sccc2C1.I. The average molecular weight is 502 g/mol. The lowest BCUT2D eigenvalue weighted by Gasteiger charge is -2.27. The van der Waals surface area contributed by atoms with Gasteiger partial charge in [0.25, 0.3) is 0 Å². The fourth-order valence-electron chi connectivity index (χ4n) is 2.88. The van der Waals surface area contributed by atoms with Gasteiger partial charge in [0.2, 0.25) is 5.91 Å². The normalized spacial score (nSPS) is 13.6. The smallest absolute Gasteiger partial charge is 0.242 e. The Hall–Kier alpha value is -1.68. The van der Waals surface area contributed by atoms with Crippen molar-refractivity contribution in [3.8, 4) is 0 Å². The highest BCUT2D eigenvalue weighted by Crippen LogP contribution is 2.23. The predicted molar refractivity (Wildman–Crippen MR) is 118 cm³/mol. The molecule has 1 aromatic carbocycles. The number of thiophene rings is 1. The Morgan fingerprint density at radius 1 is 1.33 bits per heavy atom. The molecule has 0 saturated heterocycles. The number of carbonyl (C=O) groups excluding carboxylic acids is 1. The molecule has 0 unspecified atom stereocenters. The van der Waals surface area contributed by atoms with Crippen LogP contribution in [0, 0.1) is 5.82 Å². The first-order valence-electron chi connectivity index (χ1n) is 8.75. The summed E-state index contributed by atoms with van der Waals surface area (Å²) in [5.41, 5.74) is 2.04. The van der Waals surface area contributed by atoms with Crippen LogP contribution in [0.3, 0.4) is 0 Å². The summed E-state index contributed by atoms with van der Waals surface area (Å²) in [6.45, 7) is 4.62. The van der Waals surface area contributed by atoms with Crippen molar-refractivity contribution in [2.75, 3.05) is 19.6 Å². The van der Waals surface area contributed by atoms with E-state index in [1.807, 2.05) is 17.9 Å². The van der Waals surface area contributed by atoms with Crippen LogP contribution >= 0.6 is 35.3 Å². The molecule has 1 aliphatic rings. The van der Waals surface area contributed by atoms with Crippen molar-refractivity contribution in [1.29, 1.82) is 0 Å². The van der Waals surface area contributed by atoms with Crippen LogP contribution in [0.2, 0.25) is 0 Å². The summed E-state index contributed by atoms with van der Waals surface area (Å²) in [5, 5.41) is 8.27. The Balaban J connectivity index is 0.00000261. The molecule has 146 valence electrons. The van der Waals surface area contributed by atoms with Crippen molar-refractivity contribution in [1.82, 2.24) is 15.5 Å². The van der Waals surface area contributed by atoms with Gasteiger partial charge in [0, 0.05) is 24.5 Å². The largest absolute Gasteiger partial charge is 0.357 e. The molecule has 3 rings (SSSR count). The number of benzene rings is 1. The maximum absolute atomic E-state index is 13.3. The van der Waals surface area contributed by atoms with E-state index in [9.17, 15) is 9.18 Å². The minimum Gasteiger partial charge on any atom is -0.357 e. The molecule has 0 atom stereocenters. The summed E-state index contributed by atoms with van der Waals surface area (Å²) in [7, 11) is 0. The number of amides is 1. The number of nitrogens with one attached hydrogen (secondary N) is 2. The maximum atomic E-state index is 13.3. The number of hydrogen-bond donors (Lipinski definition) is 2. The van der Waals surface area contributed by atoms with Gasteiger partial charge in [0.1, 0.15) is 5.82 Å². The Bertz CT molecular complexity index is 796. The van der Waals surface area contributed by atoms with Gasteiger partial charge >= 0.3 is 0 Å². The Morgan fingerprint density at radius 3 is 2.96 bits per heavy atom. The number of hydrogen-bond acceptors (Lipinski definition) is 3. The number of fused-ring (bicyclic) bond motifs is 1. The molecule has 5 nitrogen and oxygen atoms in total. The van der Waals surface area contributed by atoms with Crippen LogP contribution < -0.4 is 10.6 Å². The highest BCUT2D eigenvalue weighted by molar-refractivity contribution is 14.0. The van der Waals surface area contributed by atoms with Crippen molar-refractivity contribution in [2.45, 2.75) is 26.4 Å². The van der Waals surface area contributed by atoms with Gasteiger partial charge in [0.15, 0.2) is 5.96 Å². The van der Waals surface area contributed by atoms with E-state index in [0.29, 0.717) is 25.6 Å². The molecule has 8 heteroatoms. The van der Waals surface area contributed by atoms with Gasteiger partial charge < -0.3 is 15.5 Å². The zero-order valence-electron chi connectivity index (χ0n) is 15.2. The zero-order valence-corrected chi connectivity index (χ0v) is 18.4. The molecule has 27 heavy (non-hydrogen) atoms. The lowest BCUT2D eigenvalue weighted by Crippen LogP contribution is -2.45. The number of aliphatic imine (C=N–C) groups is 1. The van der Waals surface area contributed by atoms with E-state index in [4.69, 9.17) is 0 Å². The van der Waals surface area contributed by atoms with Crippen molar-refractivity contribution in [3.63, 3.8) is 0 Å². The van der Waals surface area contributed by atoms with Crippen LogP contribution in [0.15, 0.2) is 40.7 Å². The van der Waals surface area contributed by atoms with E-state index >= 15 is 0 Å². The van der Waals surface area contributed by atoms with E-state index < -0.39 is 0 Å². The van der Waals surface area contributed by atoms with Crippen LogP contribution in [-0.2, 0) is 24.3 Å². The first kappa shape index (κ1) is 21.6. The van der Waals surface area contributed by atoms with E-state index in [-0.39, 0.29) is 42.2 Å². The molecule has 1 aliphatic heterocycles. The van der Waals surface area contributed by atoms with Crippen LogP contribution in [0.25, 0.3) is 0 Å². The van der Waals surface area contributed by atoms with Gasteiger partial charge in [-0.3, -0.25) is 4.79 Å². The zero-order chi connectivity index (χ0) is 18.4. The van der Waals surface area contributed by atoms with E-state index in [1.165, 1.54) is 22.6 Å². The number of nitrogens with zero attached hydrogens (tertiary/aromatic N) is 2. The molecule has 0 radical (unpaired) electrons. The van der Waals surface area contributed by atoms with Crippen LogP contribution in [-0.4, -0.2) is 36.4 Å². The summed E-state index contributed by atoms with van der Waals surface area (Å²) in [5.74, 6) is 0.334. The van der Waals surface area contributed by atoms with Crippen LogP contribution in [0.5, 0.6) is 0 Å². The minimum atomic E-state index is -0.274. The van der Waals surface area contributed by atoms with Crippen molar-refractivity contribution in [3.05, 3.63) is 57.5 Å². The van der Waals surface area contributed by atoms with Gasteiger partial charge in [-0.1, -0.05) is 12.1 Å². The van der Waals surface area contributed by atoms with Crippen LogP contribution in [0.4, 0.5) is 4.39 Å². The van der Waals surface area contributed by atoms with Gasteiger partial charge in [-0.2, -0.15) is 0 Å². The number of halogens is 2. The molecule has 1 aromatic heterocycles. The van der Waals surface area contributed by atoms with Crippen molar-refractivity contribution >= 4 is 47.2 Å². The summed E-state index contributed by atoms with van der Waals surface area (Å²) in [6.07, 6.45) is 0.923. The van der Waals surface area contributed by atoms with Crippen molar-refractivity contribution < 1.29 is 9.18 Å². The van der Waals surface area contributed by atoms with Gasteiger partial charge in [0.05, 0.1) is 13.1 Å². The topological polar surface area (TPSA) is 56.7 Å². The Labute approximate surface area is 180 Å². The first-order chi connectivity index (χ1) is 12.7. The summed E-state index contributed by atoms with van der Waals surface area (Å²) in [6, 6.07) is 8.46. The third-order valence-electron chi connectivity index (χ3n) is 4.22. The second-order valence-electron chi connectivity index (χ2n) is 6.11. The number of carbonyl (C=O) groups is 1. The molecule has 2 heterocycles. The molecule has 0 bridgehead atoms. The first-order valence-corrected chi connectivity index (χ1v) is 9.63. The Kier molecular flexibility index (Phi) is 8.49. The fraction of sp³-hybridized carbons (Fsp3) is 0.368. The van der Waals surface area contributed by atoms with Crippen molar-refractivity contribution in [2.24, 2.45) is 4.99 Å². The van der Waals surface area contributed by atoms with E-state index in [2.05, 4.69) is 27.1 Å². The molecule has 2 aromatic rings. The number of guanidine groups is 1. The molecule has 0 spiro atoms. The number of rotatable bonds is 5. The summed E-state index contributed by atoms with van der Waals surface area (Å²) in [4.78, 5) is 20.2. The average Bonchev–Trinajstić information content (AvgIpc) is 3.11. The van der Waals surface area contributed by atoms with E-state index in [1.54, 1.807) is 17.4 Å². The molecular formula is C19H24FIN4OS. The molecule has 1 amide bonds. The third kappa shape index (κ3) is 6.17. The lowest BCUT2D eigenvalue weighted by molar-refractivity contribution is -0.130. The molecule has 0 fully saturated rings. The van der Waals surface area contributed by atoms with E-state index in [0.717, 1.165) is 18.5 Å². The fourth-order valence-corrected chi connectivity index (χ4v) is 3.77. The Morgan fingerprint density at radius 2 is 2.19 bits per heavy atom. The second kappa shape index (κ2) is 10.6. The third-order valence-corrected chi connectivity index (χ3v) is 5.24. The molecular weight excluding hydrogens is 478 g/mol. The molecule has 2 N–H and O–H groups in total. The highest BCUT2D eigenvalue weighted by Gasteiger charge is 2.21. The monoisotopic (exact) mass is 502 g/mol. The summed E-state index contributed by atoms with van der Waals surface area (Å²) < 4.78 is 13.3. The van der Waals surface area contributed by atoms with Gasteiger partial charge in [-0.05, 0) is 48.1 Å². The lowest BCUT2D eigenvalue weighted by atomic mass is 10.1. The predicted octanol–water partition coefficient (Wildman–Crippen LogP) is 3.15. The maximum Gasteiger partial charge on any atom is 0.242 e. The molecule has 0 aliphatic carbocycles. The van der Waals surface area contributed by atoms with Gasteiger partial charge in [-0.15, -0.1) is 35.3 Å². The highest BCUT2D eigenvalue weighted by atomic mass is 127. The minimum absolute atomic E-state index is 0. The van der Waals surface area contributed by atoms with Crippen LogP contribution in [0.1, 0.15) is 22.9 Å². The van der Waals surface area contributed by atoms with Gasteiger partial charge in [-0.25, -0.2) is 9.38 Å². The quantitative estimate of drug-likeness (QED) is 0.376.